The number of thiophene rings is 1. The number of morpholine rings is 1. The molecular formula is C15H20N2O3S. The lowest BCUT2D eigenvalue weighted by atomic mass is 9.75. The van der Waals surface area contributed by atoms with E-state index in [9.17, 15) is 9.59 Å². The van der Waals surface area contributed by atoms with Gasteiger partial charge in [0, 0.05) is 19.5 Å². The van der Waals surface area contributed by atoms with Gasteiger partial charge >= 0.3 is 0 Å². The van der Waals surface area contributed by atoms with E-state index >= 15 is 0 Å². The number of primary amides is 1. The highest BCUT2D eigenvalue weighted by atomic mass is 32.1. The lowest BCUT2D eigenvalue weighted by molar-refractivity contribution is 0.0917. The first-order valence-corrected chi connectivity index (χ1v) is 8.02. The first-order chi connectivity index (χ1) is 9.89. The number of amides is 1. The summed E-state index contributed by atoms with van der Waals surface area (Å²) in [6, 6.07) is 0. The average Bonchev–Trinajstić information content (AvgIpc) is 2.78. The maximum absolute atomic E-state index is 12.4. The highest BCUT2D eigenvalue weighted by Gasteiger charge is 2.37. The van der Waals surface area contributed by atoms with Gasteiger partial charge in [-0.3, -0.25) is 9.59 Å². The molecule has 1 fully saturated rings. The Hall–Kier alpha value is -1.40. The molecule has 0 unspecified atom stereocenters. The van der Waals surface area contributed by atoms with Crippen molar-refractivity contribution in [3.63, 3.8) is 0 Å². The van der Waals surface area contributed by atoms with Crippen LogP contribution in [0.15, 0.2) is 0 Å². The number of hydrogen-bond donors (Lipinski definition) is 1. The summed E-state index contributed by atoms with van der Waals surface area (Å²) < 4.78 is 5.36. The molecule has 0 spiro atoms. The van der Waals surface area contributed by atoms with Gasteiger partial charge in [0.05, 0.1) is 23.7 Å². The predicted molar refractivity (Wildman–Crippen MR) is 82.3 cm³/mol. The van der Waals surface area contributed by atoms with E-state index in [1.807, 2.05) is 0 Å². The molecule has 1 aromatic heterocycles. The molecule has 1 amide bonds. The molecular weight excluding hydrogens is 288 g/mol. The molecule has 21 heavy (non-hydrogen) atoms. The summed E-state index contributed by atoms with van der Waals surface area (Å²) in [5.41, 5.74) is 6.92. The Labute approximate surface area is 128 Å². The van der Waals surface area contributed by atoms with E-state index in [0.29, 0.717) is 25.2 Å². The van der Waals surface area contributed by atoms with E-state index in [4.69, 9.17) is 10.5 Å². The number of nitrogens with zero attached hydrogens (tertiary/aromatic N) is 1. The van der Waals surface area contributed by atoms with Gasteiger partial charge in [-0.2, -0.15) is 0 Å². The number of ether oxygens (including phenoxy) is 1. The monoisotopic (exact) mass is 308 g/mol. The molecule has 0 saturated carbocycles. The Kier molecular flexibility index (Phi) is 3.53. The Morgan fingerprint density at radius 3 is 2.57 bits per heavy atom. The van der Waals surface area contributed by atoms with Crippen molar-refractivity contribution < 1.29 is 14.3 Å². The van der Waals surface area contributed by atoms with Crippen LogP contribution >= 0.6 is 11.3 Å². The van der Waals surface area contributed by atoms with Crippen molar-refractivity contribution in [3.8, 4) is 0 Å². The van der Waals surface area contributed by atoms with Crippen LogP contribution in [0.2, 0.25) is 0 Å². The fourth-order valence-corrected chi connectivity index (χ4v) is 4.46. The van der Waals surface area contributed by atoms with Crippen molar-refractivity contribution >= 4 is 28.0 Å². The quantitative estimate of drug-likeness (QED) is 0.905. The van der Waals surface area contributed by atoms with Crippen LogP contribution in [-0.2, 0) is 11.2 Å². The number of ketones is 1. The standard InChI is InChI=1S/C15H20N2O3S/c1-15(2)7-9-11(13(16)19)14(17-3-5-20-6-4-17)21-12(9)10(18)8-15/h3-8H2,1-2H3,(H2,16,19). The summed E-state index contributed by atoms with van der Waals surface area (Å²) in [5, 5.41) is 0.849. The number of carbonyl (C=O) groups excluding carboxylic acids is 2. The van der Waals surface area contributed by atoms with Gasteiger partial charge in [-0.05, 0) is 17.4 Å². The van der Waals surface area contributed by atoms with Crippen LogP contribution in [0.3, 0.4) is 0 Å². The lowest BCUT2D eigenvalue weighted by Crippen LogP contribution is -2.37. The molecule has 1 saturated heterocycles. The van der Waals surface area contributed by atoms with Crippen molar-refractivity contribution in [2.24, 2.45) is 11.1 Å². The van der Waals surface area contributed by atoms with Crippen molar-refractivity contribution in [2.75, 3.05) is 31.2 Å². The minimum Gasteiger partial charge on any atom is -0.378 e. The zero-order chi connectivity index (χ0) is 15.2. The molecule has 0 bridgehead atoms. The number of Topliss-reactive ketones (excluding diaryl/α,β-unsaturated/α-hetero) is 1. The van der Waals surface area contributed by atoms with E-state index in [2.05, 4.69) is 18.7 Å². The molecule has 2 heterocycles. The second-order valence-electron chi connectivity index (χ2n) is 6.49. The van der Waals surface area contributed by atoms with Crippen molar-refractivity contribution in [2.45, 2.75) is 26.7 Å². The van der Waals surface area contributed by atoms with Crippen LogP contribution < -0.4 is 10.6 Å². The van der Waals surface area contributed by atoms with Crippen molar-refractivity contribution in [1.82, 2.24) is 0 Å². The van der Waals surface area contributed by atoms with Gasteiger partial charge in [0.25, 0.3) is 5.91 Å². The lowest BCUT2D eigenvalue weighted by Gasteiger charge is -2.29. The molecule has 1 aliphatic heterocycles. The zero-order valence-electron chi connectivity index (χ0n) is 12.4. The molecule has 114 valence electrons. The Balaban J connectivity index is 2.10. The second kappa shape index (κ2) is 5.10. The van der Waals surface area contributed by atoms with Gasteiger partial charge in [-0.25, -0.2) is 0 Å². The van der Waals surface area contributed by atoms with E-state index in [1.165, 1.54) is 11.3 Å². The molecule has 6 heteroatoms. The number of hydrogen-bond acceptors (Lipinski definition) is 5. The van der Waals surface area contributed by atoms with Gasteiger partial charge in [-0.1, -0.05) is 13.8 Å². The number of rotatable bonds is 2. The normalized spacial score (nSPS) is 21.2. The van der Waals surface area contributed by atoms with Crippen LogP contribution in [0.25, 0.3) is 0 Å². The molecule has 3 rings (SSSR count). The van der Waals surface area contributed by atoms with Gasteiger partial charge in [0.2, 0.25) is 0 Å². The summed E-state index contributed by atoms with van der Waals surface area (Å²) in [6.45, 7) is 6.87. The first kappa shape index (κ1) is 14.5. The maximum atomic E-state index is 12.4. The minimum absolute atomic E-state index is 0.113. The summed E-state index contributed by atoms with van der Waals surface area (Å²) in [5.74, 6) is -0.298. The minimum atomic E-state index is -0.431. The fourth-order valence-electron chi connectivity index (χ4n) is 3.14. The third kappa shape index (κ3) is 2.58. The van der Waals surface area contributed by atoms with Gasteiger partial charge in [0.15, 0.2) is 5.78 Å². The molecule has 2 N–H and O–H groups in total. The molecule has 0 radical (unpaired) electrons. The van der Waals surface area contributed by atoms with Crippen LogP contribution in [-0.4, -0.2) is 38.0 Å². The maximum Gasteiger partial charge on any atom is 0.252 e. The predicted octanol–water partition coefficient (Wildman–Crippen LogP) is 1.84. The highest BCUT2D eigenvalue weighted by Crippen LogP contribution is 2.44. The average molecular weight is 308 g/mol. The molecule has 2 aliphatic rings. The molecule has 1 aliphatic carbocycles. The number of anilines is 1. The zero-order valence-corrected chi connectivity index (χ0v) is 13.2. The van der Waals surface area contributed by atoms with Crippen molar-refractivity contribution in [3.05, 3.63) is 16.0 Å². The summed E-state index contributed by atoms with van der Waals surface area (Å²) in [7, 11) is 0. The summed E-state index contributed by atoms with van der Waals surface area (Å²) >= 11 is 1.43. The van der Waals surface area contributed by atoms with E-state index in [-0.39, 0.29) is 11.2 Å². The van der Waals surface area contributed by atoms with Crippen LogP contribution in [0, 0.1) is 5.41 Å². The summed E-state index contributed by atoms with van der Waals surface area (Å²) in [6.07, 6.45) is 1.26. The topological polar surface area (TPSA) is 72.6 Å². The Morgan fingerprint density at radius 2 is 1.95 bits per heavy atom. The van der Waals surface area contributed by atoms with E-state index < -0.39 is 5.91 Å². The van der Waals surface area contributed by atoms with Gasteiger partial charge in [0.1, 0.15) is 5.00 Å². The number of carbonyl (C=O) groups is 2. The van der Waals surface area contributed by atoms with E-state index in [0.717, 1.165) is 35.0 Å². The molecule has 0 aromatic carbocycles. The van der Waals surface area contributed by atoms with Crippen molar-refractivity contribution in [1.29, 1.82) is 0 Å². The molecule has 5 nitrogen and oxygen atoms in total. The Morgan fingerprint density at radius 1 is 1.29 bits per heavy atom. The molecule has 1 aromatic rings. The fraction of sp³-hybridized carbons (Fsp3) is 0.600. The molecule has 0 atom stereocenters. The first-order valence-electron chi connectivity index (χ1n) is 7.20. The summed E-state index contributed by atoms with van der Waals surface area (Å²) in [4.78, 5) is 27.2. The van der Waals surface area contributed by atoms with Crippen LogP contribution in [0.1, 0.15) is 45.9 Å². The van der Waals surface area contributed by atoms with E-state index in [1.54, 1.807) is 0 Å². The second-order valence-corrected chi connectivity index (χ2v) is 7.49. The van der Waals surface area contributed by atoms with Crippen LogP contribution in [0.5, 0.6) is 0 Å². The van der Waals surface area contributed by atoms with Gasteiger partial charge in [-0.15, -0.1) is 11.3 Å². The Bertz CT molecular complexity index is 600. The highest BCUT2D eigenvalue weighted by molar-refractivity contribution is 7.18. The van der Waals surface area contributed by atoms with Gasteiger partial charge < -0.3 is 15.4 Å². The number of nitrogens with two attached hydrogens (primary N) is 1. The third-order valence-electron chi connectivity index (χ3n) is 4.08. The smallest absolute Gasteiger partial charge is 0.252 e. The van der Waals surface area contributed by atoms with Crippen LogP contribution in [0.4, 0.5) is 5.00 Å². The largest absolute Gasteiger partial charge is 0.378 e. The third-order valence-corrected chi connectivity index (χ3v) is 5.41. The SMILES string of the molecule is CC1(C)CC(=O)c2sc(N3CCOCC3)c(C(N)=O)c2C1. The number of fused-ring (bicyclic) bond motifs is 1.